The first kappa shape index (κ1) is 23.1. The normalized spacial score (nSPS) is 15.7. The molecule has 0 aromatic carbocycles. The van der Waals surface area contributed by atoms with E-state index in [-0.39, 0.29) is 18.2 Å². The van der Waals surface area contributed by atoms with Gasteiger partial charge in [-0.2, -0.15) is 18.2 Å². The van der Waals surface area contributed by atoms with Gasteiger partial charge in [0.1, 0.15) is 11.9 Å². The van der Waals surface area contributed by atoms with Gasteiger partial charge >= 0.3 is 6.18 Å². The van der Waals surface area contributed by atoms with Crippen LogP contribution in [0.4, 0.5) is 30.8 Å². The van der Waals surface area contributed by atoms with E-state index in [1.807, 2.05) is 13.1 Å². The zero-order valence-corrected chi connectivity index (χ0v) is 18.9. The molecule has 8 nitrogen and oxygen atoms in total. The van der Waals surface area contributed by atoms with Gasteiger partial charge in [0.2, 0.25) is 5.95 Å². The Hall–Kier alpha value is -3.11. The molecule has 1 fully saturated rings. The maximum atomic E-state index is 13.3. The van der Waals surface area contributed by atoms with Crippen LogP contribution in [0.25, 0.3) is 5.65 Å². The molecule has 0 amide bonds. The minimum absolute atomic E-state index is 0.0194. The summed E-state index contributed by atoms with van der Waals surface area (Å²) in [6.45, 7) is 5.77. The number of fused-ring (bicyclic) bond motifs is 1. The second-order valence-corrected chi connectivity index (χ2v) is 8.54. The molecule has 1 saturated heterocycles. The van der Waals surface area contributed by atoms with E-state index in [9.17, 15) is 13.2 Å². The number of anilines is 3. The molecule has 1 aliphatic rings. The molecule has 0 bridgehead atoms. The van der Waals surface area contributed by atoms with Crippen molar-refractivity contribution >= 4 is 23.2 Å². The van der Waals surface area contributed by atoms with Crippen molar-refractivity contribution in [3.63, 3.8) is 0 Å². The maximum Gasteiger partial charge on any atom is 0.408 e. The van der Waals surface area contributed by atoms with E-state index in [0.29, 0.717) is 24.2 Å². The molecule has 4 rings (SSSR count). The zero-order chi connectivity index (χ0) is 23.6. The van der Waals surface area contributed by atoms with Crippen molar-refractivity contribution in [2.45, 2.75) is 64.6 Å². The van der Waals surface area contributed by atoms with Crippen molar-refractivity contribution in [1.29, 1.82) is 0 Å². The summed E-state index contributed by atoms with van der Waals surface area (Å²) < 4.78 is 41.5. The number of nitrogen functional groups attached to an aromatic ring is 1. The maximum absolute atomic E-state index is 13.3. The summed E-state index contributed by atoms with van der Waals surface area (Å²) in [5, 5.41) is 6.66. The van der Waals surface area contributed by atoms with Crippen LogP contribution >= 0.6 is 0 Å². The highest BCUT2D eigenvalue weighted by molar-refractivity contribution is 5.61. The number of aromatic nitrogens is 5. The number of imidazole rings is 1. The first-order valence-corrected chi connectivity index (χ1v) is 11.3. The molecule has 0 unspecified atom stereocenters. The number of hydrogen-bond donors (Lipinski definition) is 2. The monoisotopic (exact) mass is 462 g/mol. The molecule has 0 aliphatic carbocycles. The van der Waals surface area contributed by atoms with Crippen molar-refractivity contribution in [1.82, 2.24) is 24.6 Å². The van der Waals surface area contributed by atoms with Crippen LogP contribution in [0, 0.1) is 6.92 Å². The molecule has 11 heteroatoms. The van der Waals surface area contributed by atoms with Gasteiger partial charge in [0.05, 0.1) is 11.9 Å². The summed E-state index contributed by atoms with van der Waals surface area (Å²) in [5.74, 6) is 0.847. The fourth-order valence-corrected chi connectivity index (χ4v) is 4.26. The first-order valence-electron chi connectivity index (χ1n) is 11.3. The number of nitrogens with two attached hydrogens (primary N) is 1. The van der Waals surface area contributed by atoms with Crippen molar-refractivity contribution in [2.75, 3.05) is 29.0 Å². The van der Waals surface area contributed by atoms with Crippen LogP contribution < -0.4 is 16.0 Å². The molecule has 0 spiro atoms. The number of pyridine rings is 1. The van der Waals surface area contributed by atoms with E-state index in [4.69, 9.17) is 5.73 Å². The van der Waals surface area contributed by atoms with Gasteiger partial charge in [-0.15, -0.1) is 5.10 Å². The van der Waals surface area contributed by atoms with Gasteiger partial charge in [0, 0.05) is 25.7 Å². The average Bonchev–Trinajstić information content (AvgIpc) is 3.17. The van der Waals surface area contributed by atoms with E-state index in [0.717, 1.165) is 30.0 Å². The SMILES string of the molecule is CCC[C@@H](Nc1nc(N)c2ncc(Cc3cnc(N4CCCCC4)c(C)c3)n2n1)C(F)(F)F. The lowest BCUT2D eigenvalue weighted by atomic mass is 10.1. The van der Waals surface area contributed by atoms with Gasteiger partial charge in [-0.3, -0.25) is 0 Å². The molecule has 0 saturated carbocycles. The number of nitrogens with zero attached hydrogens (tertiary/aromatic N) is 6. The molecular formula is C22H29F3N8. The standard InChI is InChI=1S/C22H29F3N8/c1-3-7-17(22(23,24)25)29-21-30-18(26)20-28-13-16(33(20)31-21)11-15-10-14(2)19(27-12-15)32-8-5-4-6-9-32/h10,12-13,17H,3-9,11H2,1-2H3,(H3,26,29,30,31)/t17-/m1/s1. The summed E-state index contributed by atoms with van der Waals surface area (Å²) in [4.78, 5) is 15.3. The Balaban J connectivity index is 1.59. The third-order valence-electron chi connectivity index (χ3n) is 5.88. The van der Waals surface area contributed by atoms with E-state index in [1.165, 1.54) is 23.8 Å². The lowest BCUT2D eigenvalue weighted by Gasteiger charge is -2.29. The summed E-state index contributed by atoms with van der Waals surface area (Å²) in [5.41, 5.74) is 9.02. The summed E-state index contributed by atoms with van der Waals surface area (Å²) in [6.07, 6.45) is 3.38. The van der Waals surface area contributed by atoms with Gasteiger partial charge in [-0.05, 0) is 43.7 Å². The lowest BCUT2D eigenvalue weighted by Crippen LogP contribution is -2.37. The fourth-order valence-electron chi connectivity index (χ4n) is 4.26. The Morgan fingerprint density at radius 3 is 2.58 bits per heavy atom. The van der Waals surface area contributed by atoms with Crippen LogP contribution in [-0.4, -0.2) is 49.9 Å². The minimum atomic E-state index is -4.42. The Labute approximate surface area is 190 Å². The second kappa shape index (κ2) is 9.40. The summed E-state index contributed by atoms with van der Waals surface area (Å²) in [6, 6.07) is 0.335. The number of piperidine rings is 1. The number of alkyl halides is 3. The number of hydrogen-bond acceptors (Lipinski definition) is 7. The van der Waals surface area contributed by atoms with Crippen LogP contribution in [0.2, 0.25) is 0 Å². The van der Waals surface area contributed by atoms with Crippen molar-refractivity contribution in [3.05, 3.63) is 35.3 Å². The van der Waals surface area contributed by atoms with Crippen molar-refractivity contribution in [3.8, 4) is 0 Å². The first-order chi connectivity index (χ1) is 15.8. The van der Waals surface area contributed by atoms with E-state index >= 15 is 0 Å². The van der Waals surface area contributed by atoms with Gasteiger partial charge in [-0.1, -0.05) is 19.4 Å². The Bertz CT molecular complexity index is 1100. The highest BCUT2D eigenvalue weighted by Gasteiger charge is 2.39. The molecule has 3 aromatic heterocycles. The zero-order valence-electron chi connectivity index (χ0n) is 18.9. The molecule has 178 valence electrons. The smallest absolute Gasteiger partial charge is 0.380 e. The number of nitrogens with one attached hydrogen (secondary N) is 1. The average molecular weight is 463 g/mol. The second-order valence-electron chi connectivity index (χ2n) is 8.54. The molecule has 0 radical (unpaired) electrons. The van der Waals surface area contributed by atoms with Crippen LogP contribution in [0.1, 0.15) is 55.8 Å². The molecule has 33 heavy (non-hydrogen) atoms. The highest BCUT2D eigenvalue weighted by atomic mass is 19.4. The number of rotatable bonds is 7. The molecular weight excluding hydrogens is 433 g/mol. The Morgan fingerprint density at radius 2 is 1.91 bits per heavy atom. The van der Waals surface area contributed by atoms with Crippen LogP contribution in [-0.2, 0) is 6.42 Å². The largest absolute Gasteiger partial charge is 0.408 e. The Kier molecular flexibility index (Phi) is 6.57. The molecule has 1 atom stereocenters. The van der Waals surface area contributed by atoms with Crippen LogP contribution in [0.15, 0.2) is 18.5 Å². The van der Waals surface area contributed by atoms with Gasteiger partial charge < -0.3 is 16.0 Å². The van der Waals surface area contributed by atoms with E-state index in [1.54, 1.807) is 13.1 Å². The quantitative estimate of drug-likeness (QED) is 0.545. The highest BCUT2D eigenvalue weighted by Crippen LogP contribution is 2.27. The minimum Gasteiger partial charge on any atom is -0.380 e. The molecule has 3 aromatic rings. The fraction of sp³-hybridized carbons (Fsp3) is 0.545. The third kappa shape index (κ3) is 5.12. The molecule has 1 aliphatic heterocycles. The third-order valence-corrected chi connectivity index (χ3v) is 5.88. The van der Waals surface area contributed by atoms with Crippen LogP contribution in [0.5, 0.6) is 0 Å². The summed E-state index contributed by atoms with van der Waals surface area (Å²) >= 11 is 0. The van der Waals surface area contributed by atoms with Gasteiger partial charge in [-0.25, -0.2) is 14.5 Å². The Morgan fingerprint density at radius 1 is 1.15 bits per heavy atom. The molecule has 3 N–H and O–H groups in total. The predicted octanol–water partition coefficient (Wildman–Crippen LogP) is 4.13. The summed E-state index contributed by atoms with van der Waals surface area (Å²) in [7, 11) is 0. The molecule has 4 heterocycles. The predicted molar refractivity (Wildman–Crippen MR) is 121 cm³/mol. The topological polar surface area (TPSA) is 97.3 Å². The van der Waals surface area contributed by atoms with Crippen LogP contribution in [0.3, 0.4) is 0 Å². The number of aryl methyl sites for hydroxylation is 1. The lowest BCUT2D eigenvalue weighted by molar-refractivity contribution is -0.143. The van der Waals surface area contributed by atoms with Crippen molar-refractivity contribution in [2.24, 2.45) is 0 Å². The van der Waals surface area contributed by atoms with Crippen molar-refractivity contribution < 1.29 is 13.2 Å². The van der Waals surface area contributed by atoms with Gasteiger partial charge in [0.25, 0.3) is 0 Å². The van der Waals surface area contributed by atoms with Gasteiger partial charge in [0.15, 0.2) is 11.5 Å². The van der Waals surface area contributed by atoms with E-state index < -0.39 is 12.2 Å². The van der Waals surface area contributed by atoms with E-state index in [2.05, 4.69) is 36.3 Å². The number of halogens is 3.